The van der Waals surface area contributed by atoms with E-state index in [2.05, 4.69) is 6.58 Å². The minimum absolute atomic E-state index is 0.0328. The van der Waals surface area contributed by atoms with Crippen molar-refractivity contribution in [2.75, 3.05) is 0 Å². The van der Waals surface area contributed by atoms with Crippen LogP contribution in [0.2, 0.25) is 0 Å². The highest BCUT2D eigenvalue weighted by molar-refractivity contribution is 6.02. The smallest absolute Gasteiger partial charge is 0.273 e. The number of ketones is 1. The van der Waals surface area contributed by atoms with E-state index in [1.54, 1.807) is 18.2 Å². The van der Waals surface area contributed by atoms with Gasteiger partial charge in [0.25, 0.3) is 5.69 Å². The number of carbonyl (C=O) groups excluding carboxylic acids is 1. The third-order valence-electron chi connectivity index (χ3n) is 4.62. The average Bonchev–Trinajstić information content (AvgIpc) is 2.65. The molecular formula is C19H21NO4. The number of benzene rings is 1. The summed E-state index contributed by atoms with van der Waals surface area (Å²) in [7, 11) is 0. The number of ether oxygens (including phenoxy) is 1. The molecule has 2 aliphatic rings. The monoisotopic (exact) mass is 327 g/mol. The van der Waals surface area contributed by atoms with E-state index < -0.39 is 16.4 Å². The maximum absolute atomic E-state index is 12.8. The van der Waals surface area contributed by atoms with Crippen LogP contribution in [0.15, 0.2) is 48.6 Å². The SMILES string of the molecule is C=C1C(=O)[C@H]2[C@H](OC(C)(C)C)[C@@H]1C=C[C@H]2c1ccccc1[N+](=O)[O-]. The van der Waals surface area contributed by atoms with Crippen LogP contribution in [0.1, 0.15) is 32.3 Å². The van der Waals surface area contributed by atoms with Crippen LogP contribution in [0.25, 0.3) is 0 Å². The molecule has 2 aliphatic carbocycles. The van der Waals surface area contributed by atoms with Crippen LogP contribution in [0.3, 0.4) is 0 Å². The normalized spacial score (nSPS) is 29.1. The Kier molecular flexibility index (Phi) is 3.92. The van der Waals surface area contributed by atoms with Crippen LogP contribution in [0.4, 0.5) is 5.69 Å². The van der Waals surface area contributed by atoms with E-state index in [1.165, 1.54) is 6.07 Å². The number of allylic oxidation sites excluding steroid dienone is 1. The molecule has 2 bridgehead atoms. The summed E-state index contributed by atoms with van der Waals surface area (Å²) in [6, 6.07) is 6.59. The third kappa shape index (κ3) is 2.69. The fourth-order valence-corrected chi connectivity index (χ4v) is 3.69. The molecule has 5 nitrogen and oxygen atoms in total. The second kappa shape index (κ2) is 5.67. The lowest BCUT2D eigenvalue weighted by Gasteiger charge is -2.35. The van der Waals surface area contributed by atoms with Crippen molar-refractivity contribution in [3.8, 4) is 0 Å². The van der Waals surface area contributed by atoms with Gasteiger partial charge in [0.15, 0.2) is 5.78 Å². The summed E-state index contributed by atoms with van der Waals surface area (Å²) in [6.45, 7) is 9.76. The zero-order valence-electron chi connectivity index (χ0n) is 14.1. The van der Waals surface area contributed by atoms with Gasteiger partial charge in [-0.15, -0.1) is 0 Å². The van der Waals surface area contributed by atoms with E-state index in [1.807, 2.05) is 32.9 Å². The van der Waals surface area contributed by atoms with Crippen molar-refractivity contribution in [1.29, 1.82) is 0 Å². The van der Waals surface area contributed by atoms with E-state index in [0.29, 0.717) is 11.1 Å². The molecule has 3 rings (SSSR count). The van der Waals surface area contributed by atoms with Gasteiger partial charge in [-0.05, 0) is 26.3 Å². The van der Waals surface area contributed by atoms with Crippen molar-refractivity contribution in [1.82, 2.24) is 0 Å². The molecule has 0 radical (unpaired) electrons. The van der Waals surface area contributed by atoms with Crippen LogP contribution < -0.4 is 0 Å². The van der Waals surface area contributed by atoms with Crippen molar-refractivity contribution < 1.29 is 14.5 Å². The first kappa shape index (κ1) is 16.6. The lowest BCUT2D eigenvalue weighted by Crippen LogP contribution is -2.38. The van der Waals surface area contributed by atoms with Gasteiger partial charge in [-0.25, -0.2) is 0 Å². The van der Waals surface area contributed by atoms with Gasteiger partial charge < -0.3 is 4.74 Å². The van der Waals surface area contributed by atoms with Crippen LogP contribution >= 0.6 is 0 Å². The lowest BCUT2D eigenvalue weighted by molar-refractivity contribution is -0.385. The Morgan fingerprint density at radius 1 is 1.17 bits per heavy atom. The highest BCUT2D eigenvalue weighted by Crippen LogP contribution is 2.49. The predicted octanol–water partition coefficient (Wildman–Crippen LogP) is 3.80. The molecule has 0 N–H and O–H groups in total. The van der Waals surface area contributed by atoms with Crippen molar-refractivity contribution >= 4 is 11.5 Å². The number of nitro groups is 1. The highest BCUT2D eigenvalue weighted by Gasteiger charge is 2.52. The molecule has 4 atom stereocenters. The van der Waals surface area contributed by atoms with E-state index in [4.69, 9.17) is 4.74 Å². The zero-order chi connectivity index (χ0) is 17.6. The van der Waals surface area contributed by atoms with E-state index in [0.717, 1.165) is 0 Å². The standard InChI is InChI=1S/C19H21NO4/c1-11-12-9-10-14(13-7-5-6-8-15(13)20(22)23)16(17(11)21)18(12)24-19(2,3)4/h5-10,12,14,16,18H,1H2,2-4H3/t12-,14+,16+,18-/m1/s1. The molecule has 5 heteroatoms. The molecule has 0 aromatic heterocycles. The van der Waals surface area contributed by atoms with Crippen molar-refractivity contribution in [3.05, 3.63) is 64.2 Å². The molecule has 24 heavy (non-hydrogen) atoms. The molecule has 0 saturated heterocycles. The average molecular weight is 327 g/mol. The van der Waals surface area contributed by atoms with Crippen LogP contribution in [-0.4, -0.2) is 22.4 Å². The summed E-state index contributed by atoms with van der Waals surface area (Å²) in [5, 5.41) is 11.4. The molecule has 0 heterocycles. The number of nitro benzene ring substituents is 1. The number of para-hydroxylation sites is 1. The molecule has 0 unspecified atom stereocenters. The van der Waals surface area contributed by atoms with Gasteiger partial charge in [-0.3, -0.25) is 14.9 Å². The molecule has 1 aromatic rings. The van der Waals surface area contributed by atoms with Crippen LogP contribution in [0.5, 0.6) is 0 Å². The number of rotatable bonds is 3. The Bertz CT molecular complexity index is 744. The Labute approximate surface area is 141 Å². The number of nitrogens with zero attached hydrogens (tertiary/aromatic N) is 1. The van der Waals surface area contributed by atoms with Gasteiger partial charge in [0.1, 0.15) is 0 Å². The molecule has 1 saturated carbocycles. The number of hydrogen-bond acceptors (Lipinski definition) is 4. The minimum Gasteiger partial charge on any atom is -0.371 e. The van der Waals surface area contributed by atoms with E-state index >= 15 is 0 Å². The largest absolute Gasteiger partial charge is 0.371 e. The number of carbonyl (C=O) groups is 1. The first-order valence-corrected chi connectivity index (χ1v) is 8.03. The summed E-state index contributed by atoms with van der Waals surface area (Å²) in [5.41, 5.74) is 0.703. The highest BCUT2D eigenvalue weighted by atomic mass is 16.6. The number of fused-ring (bicyclic) bond motifs is 2. The Morgan fingerprint density at radius 2 is 1.79 bits per heavy atom. The van der Waals surface area contributed by atoms with Gasteiger partial charge in [0.05, 0.1) is 22.5 Å². The third-order valence-corrected chi connectivity index (χ3v) is 4.62. The summed E-state index contributed by atoms with van der Waals surface area (Å²) < 4.78 is 6.16. The second-order valence-electron chi connectivity index (χ2n) is 7.36. The van der Waals surface area contributed by atoms with Gasteiger partial charge in [0, 0.05) is 23.5 Å². The summed E-state index contributed by atoms with van der Waals surface area (Å²) >= 11 is 0. The topological polar surface area (TPSA) is 69.4 Å². The molecule has 0 amide bonds. The maximum atomic E-state index is 12.8. The van der Waals surface area contributed by atoms with Crippen LogP contribution in [0, 0.1) is 22.0 Å². The maximum Gasteiger partial charge on any atom is 0.273 e. The quantitative estimate of drug-likeness (QED) is 0.366. The van der Waals surface area contributed by atoms with Crippen molar-refractivity contribution in [3.63, 3.8) is 0 Å². The van der Waals surface area contributed by atoms with Gasteiger partial charge in [-0.1, -0.05) is 36.9 Å². The summed E-state index contributed by atoms with van der Waals surface area (Å²) in [5.74, 6) is -1.04. The zero-order valence-corrected chi connectivity index (χ0v) is 14.1. The molecule has 1 fully saturated rings. The molecule has 1 aromatic carbocycles. The van der Waals surface area contributed by atoms with Gasteiger partial charge >= 0.3 is 0 Å². The number of hydrogen-bond donors (Lipinski definition) is 0. The number of Topliss-reactive ketones (excluding diaryl/α,β-unsaturated/α-hetero) is 1. The fourth-order valence-electron chi connectivity index (χ4n) is 3.69. The van der Waals surface area contributed by atoms with Crippen molar-refractivity contribution in [2.24, 2.45) is 11.8 Å². The van der Waals surface area contributed by atoms with Crippen LogP contribution in [-0.2, 0) is 9.53 Å². The molecule has 126 valence electrons. The second-order valence-corrected chi connectivity index (χ2v) is 7.36. The first-order chi connectivity index (χ1) is 11.2. The Morgan fingerprint density at radius 3 is 2.42 bits per heavy atom. The van der Waals surface area contributed by atoms with Gasteiger partial charge in [0.2, 0.25) is 0 Å². The summed E-state index contributed by atoms with van der Waals surface area (Å²) in [6.07, 6.45) is 3.48. The van der Waals surface area contributed by atoms with E-state index in [9.17, 15) is 14.9 Å². The van der Waals surface area contributed by atoms with Crippen molar-refractivity contribution in [2.45, 2.75) is 38.4 Å². The Balaban J connectivity index is 2.07. The minimum atomic E-state index is -0.465. The Hall–Kier alpha value is -2.27. The fraction of sp³-hybridized carbons (Fsp3) is 0.421. The first-order valence-electron chi connectivity index (χ1n) is 8.03. The molecule has 0 aliphatic heterocycles. The lowest BCUT2D eigenvalue weighted by atomic mass is 9.77. The van der Waals surface area contributed by atoms with Gasteiger partial charge in [-0.2, -0.15) is 0 Å². The summed E-state index contributed by atoms with van der Waals surface area (Å²) in [4.78, 5) is 23.7. The van der Waals surface area contributed by atoms with E-state index in [-0.39, 0.29) is 29.4 Å². The molecule has 0 spiro atoms. The predicted molar refractivity (Wildman–Crippen MR) is 90.7 cm³/mol. The molecular weight excluding hydrogens is 306 g/mol.